The van der Waals surface area contributed by atoms with E-state index in [0.29, 0.717) is 36.3 Å². The fourth-order valence-corrected chi connectivity index (χ4v) is 3.78. The van der Waals surface area contributed by atoms with Crippen molar-refractivity contribution in [2.75, 3.05) is 31.4 Å². The van der Waals surface area contributed by atoms with Gasteiger partial charge >= 0.3 is 0 Å². The van der Waals surface area contributed by atoms with E-state index in [9.17, 15) is 4.79 Å². The summed E-state index contributed by atoms with van der Waals surface area (Å²) in [4.78, 5) is 17.6. The largest absolute Gasteiger partial charge is 0.493 e. The van der Waals surface area contributed by atoms with E-state index in [1.54, 1.807) is 18.4 Å². The number of anilines is 2. The number of hydrogen-bond acceptors (Lipinski definition) is 6. The molecule has 1 amide bonds. The Morgan fingerprint density at radius 3 is 2.88 bits per heavy atom. The third-order valence-electron chi connectivity index (χ3n) is 3.99. The Bertz CT molecular complexity index is 773. The van der Waals surface area contributed by atoms with Gasteiger partial charge in [-0.3, -0.25) is 4.79 Å². The number of rotatable bonds is 6. The molecule has 2 heterocycles. The highest BCUT2D eigenvalue weighted by molar-refractivity contribution is 7.16. The van der Waals surface area contributed by atoms with Crippen LogP contribution in [-0.2, 0) is 4.79 Å². The van der Waals surface area contributed by atoms with E-state index in [1.165, 1.54) is 0 Å². The number of nitrogens with zero attached hydrogens (tertiary/aromatic N) is 1. The van der Waals surface area contributed by atoms with Crippen LogP contribution in [0.2, 0.25) is 0 Å². The topological polar surface area (TPSA) is 72.5 Å². The Hall–Kier alpha value is -2.28. The van der Waals surface area contributed by atoms with Crippen molar-refractivity contribution in [2.45, 2.75) is 26.2 Å². The predicted octanol–water partition coefficient (Wildman–Crippen LogP) is 3.70. The molecular formula is C18H23N3O3S. The van der Waals surface area contributed by atoms with Crippen molar-refractivity contribution < 1.29 is 14.3 Å². The van der Waals surface area contributed by atoms with Crippen molar-refractivity contribution in [1.29, 1.82) is 0 Å². The van der Waals surface area contributed by atoms with Crippen LogP contribution in [0.3, 0.4) is 0 Å². The van der Waals surface area contributed by atoms with Gasteiger partial charge in [0.05, 0.1) is 18.6 Å². The minimum atomic E-state index is -0.0318. The lowest BCUT2D eigenvalue weighted by molar-refractivity contribution is -0.116. The van der Waals surface area contributed by atoms with Crippen LogP contribution in [0, 0.1) is 5.92 Å². The average molecular weight is 361 g/mol. The molecule has 7 heteroatoms. The molecule has 134 valence electrons. The highest BCUT2D eigenvalue weighted by atomic mass is 32.1. The Morgan fingerprint density at radius 1 is 1.40 bits per heavy atom. The second kappa shape index (κ2) is 7.31. The van der Waals surface area contributed by atoms with Gasteiger partial charge in [-0.2, -0.15) is 0 Å². The van der Waals surface area contributed by atoms with Crippen molar-refractivity contribution in [3.8, 4) is 11.5 Å². The fraction of sp³-hybridized carbons (Fsp3) is 0.444. The lowest BCUT2D eigenvalue weighted by atomic mass is 9.91. The summed E-state index contributed by atoms with van der Waals surface area (Å²) in [5.41, 5.74) is 1.03. The van der Waals surface area contributed by atoms with Crippen LogP contribution in [0.4, 0.5) is 10.9 Å². The van der Waals surface area contributed by atoms with Crippen LogP contribution in [0.1, 0.15) is 36.6 Å². The Balaban J connectivity index is 1.97. The first kappa shape index (κ1) is 17.5. The van der Waals surface area contributed by atoms with E-state index in [2.05, 4.69) is 29.5 Å². The molecule has 1 aliphatic rings. The number of fused-ring (bicyclic) bond motifs is 1. The molecule has 0 fully saturated rings. The van der Waals surface area contributed by atoms with E-state index < -0.39 is 0 Å². The molecule has 6 nitrogen and oxygen atoms in total. The van der Waals surface area contributed by atoms with Crippen molar-refractivity contribution in [3.05, 3.63) is 28.6 Å². The van der Waals surface area contributed by atoms with Gasteiger partial charge in [0.2, 0.25) is 5.91 Å². The highest BCUT2D eigenvalue weighted by Crippen LogP contribution is 2.43. The second-order valence-corrected chi connectivity index (χ2v) is 7.43. The van der Waals surface area contributed by atoms with Gasteiger partial charge in [0, 0.05) is 19.4 Å². The Labute approximate surface area is 151 Å². The molecule has 1 aromatic carbocycles. The van der Waals surface area contributed by atoms with E-state index >= 15 is 0 Å². The van der Waals surface area contributed by atoms with Gasteiger partial charge in [-0.05, 0) is 23.6 Å². The normalized spacial score (nSPS) is 16.4. The van der Waals surface area contributed by atoms with Gasteiger partial charge in [-0.1, -0.05) is 31.3 Å². The Morgan fingerprint density at radius 2 is 2.20 bits per heavy atom. The second-order valence-electron chi connectivity index (χ2n) is 6.40. The summed E-state index contributed by atoms with van der Waals surface area (Å²) in [6.07, 6.45) is 0.397. The fourth-order valence-electron chi connectivity index (χ4n) is 2.77. The molecule has 25 heavy (non-hydrogen) atoms. The zero-order valence-corrected chi connectivity index (χ0v) is 15.7. The molecular weight excluding hydrogens is 338 g/mol. The summed E-state index contributed by atoms with van der Waals surface area (Å²) in [7, 11) is 3.46. The Kier molecular flexibility index (Phi) is 5.13. The molecule has 0 aliphatic carbocycles. The zero-order valence-electron chi connectivity index (χ0n) is 14.9. The maximum atomic E-state index is 12.1. The number of methoxy groups -OCH3 is 1. The molecule has 0 radical (unpaired) electrons. The van der Waals surface area contributed by atoms with Gasteiger partial charge in [0.15, 0.2) is 16.6 Å². The SMILES string of the molecule is CNc1nc2c(s1)[C@@H](c1ccc(OC)c(OCC(C)C)c1)CC(=O)N2. The first-order valence-corrected chi connectivity index (χ1v) is 9.12. The number of carbonyl (C=O) groups is 1. The molecule has 0 saturated heterocycles. The minimum Gasteiger partial charge on any atom is -0.493 e. The minimum absolute atomic E-state index is 0.0223. The van der Waals surface area contributed by atoms with Crippen LogP contribution < -0.4 is 20.1 Å². The van der Waals surface area contributed by atoms with E-state index in [1.807, 2.05) is 25.2 Å². The molecule has 2 N–H and O–H groups in total. The van der Waals surface area contributed by atoms with Gasteiger partial charge in [-0.25, -0.2) is 4.98 Å². The van der Waals surface area contributed by atoms with Crippen LogP contribution in [0.25, 0.3) is 0 Å². The third kappa shape index (κ3) is 3.71. The van der Waals surface area contributed by atoms with Crippen LogP contribution in [-0.4, -0.2) is 31.7 Å². The van der Waals surface area contributed by atoms with Crippen molar-refractivity contribution in [1.82, 2.24) is 4.98 Å². The summed E-state index contributed by atoms with van der Waals surface area (Å²) in [5, 5.41) is 6.69. The van der Waals surface area contributed by atoms with E-state index in [0.717, 1.165) is 15.6 Å². The first-order valence-electron chi connectivity index (χ1n) is 8.30. The highest BCUT2D eigenvalue weighted by Gasteiger charge is 2.30. The van der Waals surface area contributed by atoms with E-state index in [-0.39, 0.29) is 11.8 Å². The molecule has 0 bridgehead atoms. The predicted molar refractivity (Wildman–Crippen MR) is 100 cm³/mol. The number of carbonyl (C=O) groups excluding carboxylic acids is 1. The lowest BCUT2D eigenvalue weighted by Crippen LogP contribution is -2.22. The summed E-state index contributed by atoms with van der Waals surface area (Å²) >= 11 is 1.57. The third-order valence-corrected chi connectivity index (χ3v) is 5.18. The molecule has 2 aromatic rings. The molecule has 0 saturated carbocycles. The van der Waals surface area contributed by atoms with Gasteiger partial charge in [-0.15, -0.1) is 0 Å². The van der Waals surface area contributed by atoms with Gasteiger partial charge < -0.3 is 20.1 Å². The number of thiazole rings is 1. The van der Waals surface area contributed by atoms with Crippen LogP contribution >= 0.6 is 11.3 Å². The molecule has 3 rings (SSSR count). The standard InChI is InChI=1S/C18H23N3O3S/c1-10(2)9-24-14-7-11(5-6-13(14)23-4)12-8-15(22)20-17-16(12)25-18(19-3)21-17/h5-7,10,12H,8-9H2,1-4H3,(H,19,21)(H,20,22)/t12-/m1/s1. The average Bonchev–Trinajstić information content (AvgIpc) is 3.01. The monoisotopic (exact) mass is 361 g/mol. The summed E-state index contributed by atoms with van der Waals surface area (Å²) < 4.78 is 11.3. The zero-order chi connectivity index (χ0) is 18.0. The van der Waals surface area contributed by atoms with Crippen molar-refractivity contribution in [3.63, 3.8) is 0 Å². The molecule has 1 aliphatic heterocycles. The molecule has 0 spiro atoms. The number of amides is 1. The van der Waals surface area contributed by atoms with Crippen LogP contribution in [0.5, 0.6) is 11.5 Å². The number of benzene rings is 1. The molecule has 0 unspecified atom stereocenters. The summed E-state index contributed by atoms with van der Waals surface area (Å²) in [6, 6.07) is 5.87. The molecule has 1 aromatic heterocycles. The smallest absolute Gasteiger partial charge is 0.226 e. The number of nitrogens with one attached hydrogen (secondary N) is 2. The number of hydrogen-bond donors (Lipinski definition) is 2. The maximum Gasteiger partial charge on any atom is 0.226 e. The maximum absolute atomic E-state index is 12.1. The van der Waals surface area contributed by atoms with Crippen LogP contribution in [0.15, 0.2) is 18.2 Å². The van der Waals surface area contributed by atoms with Crippen molar-refractivity contribution in [2.24, 2.45) is 5.92 Å². The lowest BCUT2D eigenvalue weighted by Gasteiger charge is -2.23. The first-order chi connectivity index (χ1) is 12.0. The number of aromatic nitrogens is 1. The summed E-state index contributed by atoms with van der Waals surface area (Å²) in [6.45, 7) is 4.82. The number of ether oxygens (including phenoxy) is 2. The van der Waals surface area contributed by atoms with Gasteiger partial charge in [0.1, 0.15) is 5.82 Å². The summed E-state index contributed by atoms with van der Waals surface area (Å²) in [5.74, 6) is 2.42. The van der Waals surface area contributed by atoms with E-state index in [4.69, 9.17) is 9.47 Å². The van der Waals surface area contributed by atoms with Crippen molar-refractivity contribution >= 4 is 28.2 Å². The molecule has 1 atom stereocenters. The van der Waals surface area contributed by atoms with Gasteiger partial charge in [0.25, 0.3) is 0 Å². The quantitative estimate of drug-likeness (QED) is 0.821.